The van der Waals surface area contributed by atoms with Crippen molar-refractivity contribution in [1.29, 1.82) is 0 Å². The molecule has 0 spiro atoms. The molecule has 20 heavy (non-hydrogen) atoms. The van der Waals surface area contributed by atoms with E-state index in [9.17, 15) is 0 Å². The fourth-order valence-electron chi connectivity index (χ4n) is 2.42. The zero-order valence-electron chi connectivity index (χ0n) is 11.6. The second-order valence-electron chi connectivity index (χ2n) is 5.26. The molecule has 2 N–H and O–H groups in total. The highest BCUT2D eigenvalue weighted by Crippen LogP contribution is 2.19. The molecular weight excluding hydrogens is 254 g/mol. The average Bonchev–Trinajstić information content (AvgIpc) is 3.10. The van der Waals surface area contributed by atoms with E-state index in [4.69, 9.17) is 10.3 Å². The van der Waals surface area contributed by atoms with Gasteiger partial charge < -0.3 is 15.2 Å². The van der Waals surface area contributed by atoms with Crippen molar-refractivity contribution in [1.82, 2.24) is 20.0 Å². The number of hydrogen-bond donors (Lipinski definition) is 1. The molecule has 6 nitrogen and oxygen atoms in total. The lowest BCUT2D eigenvalue weighted by atomic mass is 10.2. The van der Waals surface area contributed by atoms with E-state index in [-0.39, 0.29) is 6.04 Å². The number of aryl methyl sites for hydroxylation is 1. The quantitative estimate of drug-likeness (QED) is 0.910. The molecule has 1 aliphatic rings. The van der Waals surface area contributed by atoms with Crippen LogP contribution in [0.3, 0.4) is 0 Å². The monoisotopic (exact) mass is 273 g/mol. The lowest BCUT2D eigenvalue weighted by Crippen LogP contribution is -2.30. The number of rotatable bonds is 4. The van der Waals surface area contributed by atoms with Crippen LogP contribution in [0.1, 0.15) is 30.4 Å². The van der Waals surface area contributed by atoms with Gasteiger partial charge in [-0.3, -0.25) is 4.98 Å². The van der Waals surface area contributed by atoms with E-state index >= 15 is 0 Å². The van der Waals surface area contributed by atoms with Gasteiger partial charge in [0.25, 0.3) is 5.89 Å². The smallest absolute Gasteiger partial charge is 0.259 e. The Bertz CT molecular complexity index is 559. The Morgan fingerprint density at radius 2 is 2.15 bits per heavy atom. The van der Waals surface area contributed by atoms with Crippen molar-refractivity contribution in [2.24, 2.45) is 5.73 Å². The molecule has 1 aliphatic heterocycles. The van der Waals surface area contributed by atoms with Crippen LogP contribution in [0, 0.1) is 6.92 Å². The lowest BCUT2D eigenvalue weighted by Gasteiger charge is -2.17. The second-order valence-corrected chi connectivity index (χ2v) is 5.26. The van der Waals surface area contributed by atoms with E-state index < -0.39 is 0 Å². The number of pyridine rings is 1. The molecule has 2 aromatic rings. The second kappa shape index (κ2) is 5.68. The predicted octanol–water partition coefficient (Wildman–Crippen LogP) is 1.54. The topological polar surface area (TPSA) is 81.1 Å². The van der Waals surface area contributed by atoms with Gasteiger partial charge in [0.05, 0.1) is 11.6 Å². The molecular formula is C14H19N5O. The maximum atomic E-state index is 6.15. The third-order valence-electron chi connectivity index (χ3n) is 3.59. The van der Waals surface area contributed by atoms with E-state index in [1.165, 1.54) is 12.8 Å². The summed E-state index contributed by atoms with van der Waals surface area (Å²) in [7, 11) is 0. The highest BCUT2D eigenvalue weighted by Gasteiger charge is 2.20. The van der Waals surface area contributed by atoms with Gasteiger partial charge in [-0.05, 0) is 45.0 Å². The van der Waals surface area contributed by atoms with Crippen LogP contribution in [0.4, 0.5) is 0 Å². The van der Waals surface area contributed by atoms with Crippen LogP contribution in [0.25, 0.3) is 11.5 Å². The molecule has 0 amide bonds. The summed E-state index contributed by atoms with van der Waals surface area (Å²) in [5.41, 5.74) is 7.93. The number of hydrogen-bond acceptors (Lipinski definition) is 6. The van der Waals surface area contributed by atoms with E-state index in [2.05, 4.69) is 20.0 Å². The number of aromatic nitrogens is 3. The van der Waals surface area contributed by atoms with Gasteiger partial charge in [-0.2, -0.15) is 4.98 Å². The first-order valence-corrected chi connectivity index (χ1v) is 6.97. The van der Waals surface area contributed by atoms with Crippen LogP contribution in [-0.2, 0) is 0 Å². The average molecular weight is 273 g/mol. The van der Waals surface area contributed by atoms with E-state index in [1.54, 1.807) is 6.20 Å². The first-order valence-electron chi connectivity index (χ1n) is 6.97. The van der Waals surface area contributed by atoms with Gasteiger partial charge in [0.15, 0.2) is 5.82 Å². The summed E-state index contributed by atoms with van der Waals surface area (Å²) in [5.74, 6) is 1.04. The molecule has 1 fully saturated rings. The van der Waals surface area contributed by atoms with Crippen molar-refractivity contribution in [3.05, 3.63) is 29.8 Å². The van der Waals surface area contributed by atoms with Crippen LogP contribution in [0.15, 0.2) is 22.9 Å². The van der Waals surface area contributed by atoms with Crippen molar-refractivity contribution in [3.8, 4) is 11.5 Å². The molecule has 0 saturated carbocycles. The van der Waals surface area contributed by atoms with Crippen molar-refractivity contribution in [2.75, 3.05) is 19.6 Å². The molecule has 3 rings (SSSR count). The molecule has 1 saturated heterocycles. The Kier molecular flexibility index (Phi) is 3.75. The van der Waals surface area contributed by atoms with Crippen LogP contribution >= 0.6 is 0 Å². The van der Waals surface area contributed by atoms with Crippen LogP contribution < -0.4 is 5.73 Å². The van der Waals surface area contributed by atoms with Crippen molar-refractivity contribution in [3.63, 3.8) is 0 Å². The zero-order valence-corrected chi connectivity index (χ0v) is 11.6. The van der Waals surface area contributed by atoms with E-state index in [0.29, 0.717) is 11.7 Å². The summed E-state index contributed by atoms with van der Waals surface area (Å²) < 4.78 is 5.28. The molecule has 1 atom stereocenters. The van der Waals surface area contributed by atoms with Gasteiger partial charge >= 0.3 is 0 Å². The summed E-state index contributed by atoms with van der Waals surface area (Å²) in [4.78, 5) is 10.9. The van der Waals surface area contributed by atoms with Crippen molar-refractivity contribution >= 4 is 0 Å². The summed E-state index contributed by atoms with van der Waals surface area (Å²) in [6.07, 6.45) is 4.23. The number of likely N-dealkylation sites (tertiary alicyclic amines) is 1. The molecule has 2 aromatic heterocycles. The van der Waals surface area contributed by atoms with Crippen LogP contribution in [-0.4, -0.2) is 39.7 Å². The van der Waals surface area contributed by atoms with E-state index in [1.807, 2.05) is 19.1 Å². The van der Waals surface area contributed by atoms with Gasteiger partial charge in [-0.1, -0.05) is 5.16 Å². The molecule has 1 unspecified atom stereocenters. The standard InChI is InChI=1S/C14H19N5O/c1-10-4-5-11(8-16-10)14-17-13(18-20-14)12(15)9-19-6-2-3-7-19/h4-5,8,12H,2-3,6-7,9,15H2,1H3. The zero-order chi connectivity index (χ0) is 13.9. The van der Waals surface area contributed by atoms with Gasteiger partial charge in [-0.15, -0.1) is 0 Å². The van der Waals surface area contributed by atoms with Crippen LogP contribution in [0.2, 0.25) is 0 Å². The largest absolute Gasteiger partial charge is 0.334 e. The summed E-state index contributed by atoms with van der Waals surface area (Å²) in [6.45, 7) is 4.95. The maximum absolute atomic E-state index is 6.15. The minimum Gasteiger partial charge on any atom is -0.334 e. The minimum atomic E-state index is -0.205. The van der Waals surface area contributed by atoms with Crippen molar-refractivity contribution < 1.29 is 4.52 Å². The first-order chi connectivity index (χ1) is 9.72. The Balaban J connectivity index is 1.70. The highest BCUT2D eigenvalue weighted by molar-refractivity contribution is 5.50. The normalized spacial score (nSPS) is 17.5. The Morgan fingerprint density at radius 3 is 2.85 bits per heavy atom. The number of nitrogens with two attached hydrogens (primary N) is 1. The molecule has 106 valence electrons. The Morgan fingerprint density at radius 1 is 1.35 bits per heavy atom. The minimum absolute atomic E-state index is 0.205. The van der Waals surface area contributed by atoms with Crippen molar-refractivity contribution in [2.45, 2.75) is 25.8 Å². The Hall–Kier alpha value is -1.79. The molecule has 0 radical (unpaired) electrons. The molecule has 0 bridgehead atoms. The molecule has 3 heterocycles. The predicted molar refractivity (Wildman–Crippen MR) is 74.9 cm³/mol. The summed E-state index contributed by atoms with van der Waals surface area (Å²) in [5, 5.41) is 3.99. The van der Waals surface area contributed by atoms with Gasteiger partial charge in [-0.25, -0.2) is 0 Å². The SMILES string of the molecule is Cc1ccc(-c2nc(C(N)CN3CCCC3)no2)cn1. The maximum Gasteiger partial charge on any atom is 0.259 e. The Labute approximate surface area is 118 Å². The first kappa shape index (κ1) is 13.2. The van der Waals surface area contributed by atoms with Gasteiger partial charge in [0, 0.05) is 18.4 Å². The summed E-state index contributed by atoms with van der Waals surface area (Å²) >= 11 is 0. The van der Waals surface area contributed by atoms with Gasteiger partial charge in [0.2, 0.25) is 0 Å². The third-order valence-corrected chi connectivity index (χ3v) is 3.59. The van der Waals surface area contributed by atoms with Gasteiger partial charge in [0.1, 0.15) is 0 Å². The molecule has 0 aliphatic carbocycles. The fraction of sp³-hybridized carbons (Fsp3) is 0.500. The fourth-order valence-corrected chi connectivity index (χ4v) is 2.42. The summed E-state index contributed by atoms with van der Waals surface area (Å²) in [6, 6.07) is 3.64. The molecule has 6 heteroatoms. The number of nitrogens with zero attached hydrogens (tertiary/aromatic N) is 4. The van der Waals surface area contributed by atoms with Crippen LogP contribution in [0.5, 0.6) is 0 Å². The molecule has 0 aromatic carbocycles. The van der Waals surface area contributed by atoms with E-state index in [0.717, 1.165) is 30.9 Å². The third kappa shape index (κ3) is 2.86. The highest BCUT2D eigenvalue weighted by atomic mass is 16.5. The lowest BCUT2D eigenvalue weighted by molar-refractivity contribution is 0.306.